The molecule has 1 amide bonds. The summed E-state index contributed by atoms with van der Waals surface area (Å²) in [5, 5.41) is 6.24. The highest BCUT2D eigenvalue weighted by Gasteiger charge is 2.46. The van der Waals surface area contributed by atoms with Crippen molar-refractivity contribution in [2.24, 2.45) is 22.9 Å². The molecule has 2 aliphatic rings. The first-order chi connectivity index (χ1) is 7.58. The second-order valence-corrected chi connectivity index (χ2v) is 5.88. The minimum Gasteiger partial charge on any atom is -0.355 e. The Hall–Kier alpha value is -0.930. The zero-order chi connectivity index (χ0) is 11.8. The van der Waals surface area contributed by atoms with Gasteiger partial charge in [0.2, 0.25) is 6.41 Å². The fourth-order valence-electron chi connectivity index (χ4n) is 3.91. The zero-order valence-corrected chi connectivity index (χ0v) is 9.98. The molecule has 4 nitrogen and oxygen atoms in total. The Morgan fingerprint density at radius 3 is 2.75 bits per heavy atom. The third-order valence-electron chi connectivity index (χ3n) is 4.37. The molecule has 90 valence electrons. The van der Waals surface area contributed by atoms with Gasteiger partial charge in [-0.1, -0.05) is 12.1 Å². The van der Waals surface area contributed by atoms with Crippen LogP contribution in [0, 0.1) is 22.7 Å². The fourth-order valence-corrected chi connectivity index (χ4v) is 3.91. The van der Waals surface area contributed by atoms with Crippen molar-refractivity contribution in [2.45, 2.75) is 51.1 Å². The molecule has 16 heavy (non-hydrogen) atoms. The summed E-state index contributed by atoms with van der Waals surface area (Å²) in [7, 11) is 0. The quantitative estimate of drug-likeness (QED) is 0.589. The average molecular weight is 224 g/mol. The minimum absolute atomic E-state index is 0.232. The van der Waals surface area contributed by atoms with Crippen molar-refractivity contribution in [3.05, 3.63) is 4.91 Å². The lowest BCUT2D eigenvalue weighted by atomic mass is 9.61. The van der Waals surface area contributed by atoms with Crippen LogP contribution in [0.4, 0.5) is 0 Å². The van der Waals surface area contributed by atoms with Crippen molar-refractivity contribution in [3.8, 4) is 0 Å². The summed E-state index contributed by atoms with van der Waals surface area (Å²) in [4.78, 5) is 21.5. The molecule has 5 unspecified atom stereocenters. The highest BCUT2D eigenvalue weighted by molar-refractivity contribution is 5.47. The number of nitroso groups, excluding NO2 is 1. The van der Waals surface area contributed by atoms with Crippen LogP contribution in [0.1, 0.15) is 39.5 Å². The van der Waals surface area contributed by atoms with Crippen molar-refractivity contribution in [2.75, 3.05) is 0 Å². The van der Waals surface area contributed by atoms with E-state index >= 15 is 0 Å². The van der Waals surface area contributed by atoms with E-state index < -0.39 is 5.54 Å². The molecule has 5 atom stereocenters. The predicted octanol–water partition coefficient (Wildman–Crippen LogP) is 2.08. The maximum atomic E-state index is 10.9. The van der Waals surface area contributed by atoms with Crippen LogP contribution in [0.3, 0.4) is 0 Å². The molecule has 1 N–H and O–H groups in total. The van der Waals surface area contributed by atoms with Crippen LogP contribution in [0.25, 0.3) is 0 Å². The van der Waals surface area contributed by atoms with E-state index in [9.17, 15) is 9.70 Å². The van der Waals surface area contributed by atoms with Crippen LogP contribution in [-0.2, 0) is 4.79 Å². The highest BCUT2D eigenvalue weighted by atomic mass is 16.3. The Labute approximate surface area is 96.1 Å². The maximum absolute atomic E-state index is 10.9. The SMILES string of the molecule is CC1CC2CC(CC(C)(N=O)C2)C1NC=O. The first-order valence-corrected chi connectivity index (χ1v) is 6.12. The number of carbonyl (C=O) groups is 1. The van der Waals surface area contributed by atoms with Gasteiger partial charge in [-0.3, -0.25) is 4.79 Å². The zero-order valence-electron chi connectivity index (χ0n) is 9.98. The van der Waals surface area contributed by atoms with Gasteiger partial charge in [-0.2, -0.15) is 4.91 Å². The second kappa shape index (κ2) is 4.15. The first kappa shape index (κ1) is 11.6. The van der Waals surface area contributed by atoms with Crippen LogP contribution in [-0.4, -0.2) is 18.0 Å². The number of fused-ring (bicyclic) bond motifs is 2. The molecule has 0 heterocycles. The van der Waals surface area contributed by atoms with Crippen molar-refractivity contribution < 1.29 is 4.79 Å². The summed E-state index contributed by atoms with van der Waals surface area (Å²) in [6.45, 7) is 4.14. The summed E-state index contributed by atoms with van der Waals surface area (Å²) < 4.78 is 0. The van der Waals surface area contributed by atoms with Gasteiger partial charge in [-0.05, 0) is 50.4 Å². The number of hydrogen-bond acceptors (Lipinski definition) is 3. The minimum atomic E-state index is -0.406. The molecule has 2 rings (SSSR count). The number of nitrogens with zero attached hydrogens (tertiary/aromatic N) is 1. The molecule has 0 aromatic rings. The second-order valence-electron chi connectivity index (χ2n) is 5.88. The molecule has 4 heteroatoms. The van der Waals surface area contributed by atoms with Crippen LogP contribution in [0.15, 0.2) is 5.18 Å². The molecular weight excluding hydrogens is 204 g/mol. The Morgan fingerprint density at radius 2 is 2.12 bits per heavy atom. The topological polar surface area (TPSA) is 58.5 Å². The fraction of sp³-hybridized carbons (Fsp3) is 0.917. The lowest BCUT2D eigenvalue weighted by Gasteiger charge is -2.48. The van der Waals surface area contributed by atoms with Gasteiger partial charge in [0.25, 0.3) is 0 Å². The van der Waals surface area contributed by atoms with Crippen molar-refractivity contribution in [1.29, 1.82) is 0 Å². The Balaban J connectivity index is 2.15. The largest absolute Gasteiger partial charge is 0.355 e. The average Bonchev–Trinajstić information content (AvgIpc) is 2.23. The van der Waals surface area contributed by atoms with E-state index in [1.807, 2.05) is 6.92 Å². The Kier molecular flexibility index (Phi) is 3.00. The Bertz CT molecular complexity index is 293. The van der Waals surface area contributed by atoms with Crippen LogP contribution in [0.5, 0.6) is 0 Å². The highest BCUT2D eigenvalue weighted by Crippen LogP contribution is 2.47. The molecule has 0 aromatic heterocycles. The van der Waals surface area contributed by atoms with E-state index in [-0.39, 0.29) is 6.04 Å². The molecule has 2 saturated carbocycles. The van der Waals surface area contributed by atoms with Gasteiger partial charge in [0.05, 0.1) is 0 Å². The molecular formula is C12H20N2O2. The van der Waals surface area contributed by atoms with Gasteiger partial charge < -0.3 is 5.32 Å². The standard InChI is InChI=1S/C12H20N2O2/c1-8-3-9-4-10(11(8)13-7-15)6-12(2,5-9)14-16/h7-11H,3-6H2,1-2H3,(H,13,15). The van der Waals surface area contributed by atoms with E-state index in [1.54, 1.807) is 0 Å². The van der Waals surface area contributed by atoms with E-state index in [0.29, 0.717) is 17.8 Å². The molecule has 0 aromatic carbocycles. The third kappa shape index (κ3) is 1.97. The van der Waals surface area contributed by atoms with Crippen molar-refractivity contribution in [3.63, 3.8) is 0 Å². The van der Waals surface area contributed by atoms with E-state index in [0.717, 1.165) is 32.1 Å². The molecule has 2 fully saturated rings. The van der Waals surface area contributed by atoms with Gasteiger partial charge >= 0.3 is 0 Å². The molecule has 2 aliphatic carbocycles. The van der Waals surface area contributed by atoms with Gasteiger partial charge in [0.15, 0.2) is 0 Å². The van der Waals surface area contributed by atoms with Gasteiger partial charge in [0, 0.05) is 6.04 Å². The molecule has 0 aliphatic heterocycles. The first-order valence-electron chi connectivity index (χ1n) is 6.12. The molecule has 0 spiro atoms. The number of hydrogen-bond donors (Lipinski definition) is 1. The third-order valence-corrected chi connectivity index (χ3v) is 4.37. The normalized spacial score (nSPS) is 47.1. The van der Waals surface area contributed by atoms with Crippen LogP contribution >= 0.6 is 0 Å². The summed E-state index contributed by atoms with van der Waals surface area (Å²) in [5.41, 5.74) is -0.406. The monoisotopic (exact) mass is 224 g/mol. The summed E-state index contributed by atoms with van der Waals surface area (Å²) in [6.07, 6.45) is 4.78. The number of rotatable bonds is 3. The number of nitrogens with one attached hydrogen (secondary N) is 1. The van der Waals surface area contributed by atoms with Gasteiger partial charge in [0.1, 0.15) is 5.54 Å². The maximum Gasteiger partial charge on any atom is 0.207 e. The van der Waals surface area contributed by atoms with Gasteiger partial charge in [-0.25, -0.2) is 0 Å². The molecule has 0 saturated heterocycles. The van der Waals surface area contributed by atoms with Crippen LogP contribution < -0.4 is 5.32 Å². The summed E-state index contributed by atoms with van der Waals surface area (Å²) in [6, 6.07) is 0.232. The van der Waals surface area contributed by atoms with Crippen molar-refractivity contribution in [1.82, 2.24) is 5.32 Å². The smallest absolute Gasteiger partial charge is 0.207 e. The number of amides is 1. The van der Waals surface area contributed by atoms with E-state index in [4.69, 9.17) is 0 Å². The van der Waals surface area contributed by atoms with Gasteiger partial charge in [-0.15, -0.1) is 0 Å². The number of carbonyl (C=O) groups excluding carboxylic acids is 1. The molecule has 0 radical (unpaired) electrons. The molecule has 2 bridgehead atoms. The predicted molar refractivity (Wildman–Crippen MR) is 61.8 cm³/mol. The lowest BCUT2D eigenvalue weighted by Crippen LogP contribution is -2.51. The lowest BCUT2D eigenvalue weighted by molar-refractivity contribution is -0.111. The summed E-state index contributed by atoms with van der Waals surface area (Å²) >= 11 is 0. The van der Waals surface area contributed by atoms with E-state index in [2.05, 4.69) is 17.4 Å². The Morgan fingerprint density at radius 1 is 1.38 bits per heavy atom. The van der Waals surface area contributed by atoms with Crippen molar-refractivity contribution >= 4 is 6.41 Å². The van der Waals surface area contributed by atoms with E-state index in [1.165, 1.54) is 0 Å². The van der Waals surface area contributed by atoms with Crippen LogP contribution in [0.2, 0.25) is 0 Å². The summed E-state index contributed by atoms with van der Waals surface area (Å²) in [5.74, 6) is 1.56.